The number of nitrogens with zero attached hydrogens (tertiary/aromatic N) is 2. The molecule has 1 aromatic carbocycles. The van der Waals surface area contributed by atoms with Crippen LogP contribution < -0.4 is 5.73 Å². The zero-order chi connectivity index (χ0) is 24.8. The highest BCUT2D eigenvalue weighted by molar-refractivity contribution is 6.39. The molecule has 3 aliphatic rings. The second-order valence-electron chi connectivity index (χ2n) is 9.69. The quantitative estimate of drug-likeness (QED) is 0.335. The molecule has 0 spiro atoms. The molecule has 1 amide bonds. The molecule has 0 atom stereocenters. The second kappa shape index (κ2) is 11.7. The Kier molecular flexibility index (Phi) is 8.90. The lowest BCUT2D eigenvalue weighted by Crippen LogP contribution is -2.53. The summed E-state index contributed by atoms with van der Waals surface area (Å²) in [5.74, 6) is -1.87. The summed E-state index contributed by atoms with van der Waals surface area (Å²) in [6.45, 7) is 7.09. The van der Waals surface area contributed by atoms with Gasteiger partial charge in [-0.2, -0.15) is 0 Å². The van der Waals surface area contributed by atoms with Crippen molar-refractivity contribution >= 4 is 17.6 Å². The molecule has 0 aromatic heterocycles. The van der Waals surface area contributed by atoms with Crippen LogP contribution in [0, 0.1) is 10.8 Å². The Hall–Kier alpha value is -2.65. The maximum Gasteiger partial charge on any atom is 0.284 e. The second-order valence-corrected chi connectivity index (χ2v) is 9.69. The fraction of sp³-hybridized carbons (Fsp3) is 0.640. The summed E-state index contributed by atoms with van der Waals surface area (Å²) in [5.41, 5.74) is 6.17. The number of carbonyl (C=O) groups is 1. The van der Waals surface area contributed by atoms with Gasteiger partial charge < -0.3 is 25.6 Å². The van der Waals surface area contributed by atoms with E-state index in [4.69, 9.17) is 21.3 Å². The molecule has 188 valence electrons. The minimum Gasteiger partial charge on any atom is -0.508 e. The molecule has 1 heterocycles. The van der Waals surface area contributed by atoms with E-state index >= 15 is 0 Å². The Bertz CT molecular complexity index is 885. The van der Waals surface area contributed by atoms with E-state index in [1.165, 1.54) is 30.2 Å². The summed E-state index contributed by atoms with van der Waals surface area (Å²) >= 11 is 0. The van der Waals surface area contributed by atoms with E-state index in [2.05, 4.69) is 4.90 Å². The van der Waals surface area contributed by atoms with E-state index in [1.54, 1.807) is 6.07 Å². The van der Waals surface area contributed by atoms with E-state index in [9.17, 15) is 15.0 Å². The van der Waals surface area contributed by atoms with Crippen LogP contribution in [0.4, 0.5) is 0 Å². The lowest BCUT2D eigenvalue weighted by molar-refractivity contribution is -0.112. The van der Waals surface area contributed by atoms with Crippen molar-refractivity contribution in [1.82, 2.24) is 9.80 Å². The fourth-order valence-corrected chi connectivity index (χ4v) is 4.60. The van der Waals surface area contributed by atoms with E-state index in [1.807, 2.05) is 13.8 Å². The molecular weight excluding hydrogens is 434 g/mol. The highest BCUT2D eigenvalue weighted by Crippen LogP contribution is 2.34. The number of ether oxygens (including phenoxy) is 1. The number of carbonyl (C=O) groups excluding carboxylic acids is 1. The Morgan fingerprint density at radius 2 is 1.65 bits per heavy atom. The molecule has 1 aliphatic heterocycles. The third-order valence-corrected chi connectivity index (χ3v) is 6.68. The van der Waals surface area contributed by atoms with E-state index < -0.39 is 11.7 Å². The summed E-state index contributed by atoms with van der Waals surface area (Å²) in [6.07, 6.45) is 7.68. The number of nitrogens with one attached hydrogen (secondary N) is 2. The number of rotatable bonds is 4. The maximum absolute atomic E-state index is 11.9. The molecule has 1 aromatic rings. The van der Waals surface area contributed by atoms with Gasteiger partial charge in [-0.3, -0.25) is 20.5 Å². The summed E-state index contributed by atoms with van der Waals surface area (Å²) < 4.78 is 5.44. The normalized spacial score (nSPS) is 22.4. The molecule has 0 radical (unpaired) electrons. The molecule has 2 saturated carbocycles. The smallest absolute Gasteiger partial charge is 0.284 e. The Morgan fingerprint density at radius 3 is 2.15 bits per heavy atom. The number of nitrogens with two attached hydrogens (primary N) is 1. The topological polar surface area (TPSA) is 147 Å². The largest absolute Gasteiger partial charge is 0.508 e. The van der Waals surface area contributed by atoms with Crippen LogP contribution in [-0.2, 0) is 9.53 Å². The lowest BCUT2D eigenvalue weighted by Gasteiger charge is -2.42. The van der Waals surface area contributed by atoms with Crippen LogP contribution in [0.2, 0.25) is 0 Å². The van der Waals surface area contributed by atoms with Crippen LogP contribution in [0.3, 0.4) is 0 Å². The molecular formula is C25H39N5O4. The SMILES string of the molecule is C1CC1.CC(C)c1cc(C(=N)N(C(=N)C(N)=O)C2CCC(N3CCOCC3)CC2)c(O)cc1O. The molecule has 4 rings (SSSR count). The number of hydrogen-bond acceptors (Lipinski definition) is 7. The number of aromatic hydroxyl groups is 2. The van der Waals surface area contributed by atoms with Crippen molar-refractivity contribution in [3.63, 3.8) is 0 Å². The van der Waals surface area contributed by atoms with Gasteiger partial charge in [0.05, 0.1) is 18.8 Å². The van der Waals surface area contributed by atoms with E-state index in [0.717, 1.165) is 39.1 Å². The van der Waals surface area contributed by atoms with Gasteiger partial charge in [0.1, 0.15) is 17.3 Å². The first-order chi connectivity index (χ1) is 16.2. The van der Waals surface area contributed by atoms with Crippen molar-refractivity contribution in [3.8, 4) is 11.5 Å². The van der Waals surface area contributed by atoms with E-state index in [0.29, 0.717) is 24.4 Å². The van der Waals surface area contributed by atoms with Crippen molar-refractivity contribution < 1.29 is 19.7 Å². The summed E-state index contributed by atoms with van der Waals surface area (Å²) in [4.78, 5) is 15.6. The lowest BCUT2D eigenvalue weighted by atomic mass is 9.88. The molecule has 9 nitrogen and oxygen atoms in total. The van der Waals surface area contributed by atoms with Gasteiger partial charge >= 0.3 is 0 Å². The molecule has 3 fully saturated rings. The van der Waals surface area contributed by atoms with Gasteiger partial charge in [0.2, 0.25) is 0 Å². The van der Waals surface area contributed by atoms with Crippen molar-refractivity contribution in [2.24, 2.45) is 5.73 Å². The average Bonchev–Trinajstić information content (AvgIpc) is 3.69. The van der Waals surface area contributed by atoms with Gasteiger partial charge in [-0.1, -0.05) is 33.1 Å². The summed E-state index contributed by atoms with van der Waals surface area (Å²) in [7, 11) is 0. The first kappa shape index (κ1) is 26.0. The Balaban J connectivity index is 0.000000999. The van der Waals surface area contributed by atoms with Crippen LogP contribution >= 0.6 is 0 Å². The standard InChI is InChI=1S/C22H33N5O4.C3H6/c1-13(2)16-11-17(19(29)12-18(16)28)20(23)27(21(24)22(25)30)15-5-3-14(4-6-15)26-7-9-31-10-8-26;1-2-3-1/h11-15,23-24,28-29H,3-10H2,1-2H3,(H2,25,30);1-3H2. The molecule has 9 heteroatoms. The molecule has 34 heavy (non-hydrogen) atoms. The molecule has 6 N–H and O–H groups in total. The average molecular weight is 474 g/mol. The predicted molar refractivity (Wildman–Crippen MR) is 132 cm³/mol. The monoisotopic (exact) mass is 473 g/mol. The highest BCUT2D eigenvalue weighted by atomic mass is 16.5. The zero-order valence-electron chi connectivity index (χ0n) is 20.3. The fourth-order valence-electron chi connectivity index (χ4n) is 4.60. The van der Waals surface area contributed by atoms with Gasteiger partial charge in [0, 0.05) is 31.2 Å². The minimum absolute atomic E-state index is 0.0276. The third kappa shape index (κ3) is 6.48. The number of phenols is 2. The highest BCUT2D eigenvalue weighted by Gasteiger charge is 2.35. The number of amidine groups is 2. The molecule has 2 aliphatic carbocycles. The van der Waals surface area contributed by atoms with Crippen molar-refractivity contribution in [2.75, 3.05) is 26.3 Å². The predicted octanol–water partition coefficient (Wildman–Crippen LogP) is 3.12. The van der Waals surface area contributed by atoms with E-state index in [-0.39, 0.29) is 34.9 Å². The number of hydrogen-bond donors (Lipinski definition) is 5. The molecule has 0 unspecified atom stereocenters. The number of amides is 1. The zero-order valence-corrected chi connectivity index (χ0v) is 20.3. The van der Waals surface area contributed by atoms with Crippen molar-refractivity contribution in [1.29, 1.82) is 10.8 Å². The van der Waals surface area contributed by atoms with Crippen molar-refractivity contribution in [2.45, 2.75) is 76.8 Å². The Labute approximate surface area is 201 Å². The number of primary amides is 1. The number of morpholine rings is 1. The van der Waals surface area contributed by atoms with Gasteiger partial charge in [-0.25, -0.2) is 0 Å². The van der Waals surface area contributed by atoms with Crippen LogP contribution in [0.15, 0.2) is 12.1 Å². The Morgan fingerprint density at radius 1 is 1.06 bits per heavy atom. The van der Waals surface area contributed by atoms with Crippen LogP contribution in [-0.4, -0.2) is 76.0 Å². The summed E-state index contributed by atoms with van der Waals surface area (Å²) in [5, 5.41) is 37.6. The van der Waals surface area contributed by atoms with Gasteiger partial charge in [0.15, 0.2) is 5.84 Å². The minimum atomic E-state index is -0.914. The number of benzene rings is 1. The van der Waals surface area contributed by atoms with Gasteiger partial charge in [-0.15, -0.1) is 0 Å². The molecule has 0 bridgehead atoms. The molecule has 1 saturated heterocycles. The van der Waals surface area contributed by atoms with Crippen LogP contribution in [0.5, 0.6) is 11.5 Å². The third-order valence-electron chi connectivity index (χ3n) is 6.68. The number of phenolic OH excluding ortho intramolecular Hbond substituents is 2. The summed E-state index contributed by atoms with van der Waals surface area (Å²) in [6, 6.07) is 2.95. The van der Waals surface area contributed by atoms with Crippen LogP contribution in [0.25, 0.3) is 0 Å². The van der Waals surface area contributed by atoms with Crippen molar-refractivity contribution in [3.05, 3.63) is 23.3 Å². The first-order valence-corrected chi connectivity index (χ1v) is 12.3. The first-order valence-electron chi connectivity index (χ1n) is 12.3. The maximum atomic E-state index is 11.9. The van der Waals surface area contributed by atoms with Gasteiger partial charge in [-0.05, 0) is 43.2 Å². The van der Waals surface area contributed by atoms with Crippen LogP contribution in [0.1, 0.15) is 75.8 Å². The van der Waals surface area contributed by atoms with Gasteiger partial charge in [0.25, 0.3) is 5.91 Å².